The number of carbonyl (C=O) groups is 1. The number of pyridine rings is 1. The van der Waals surface area contributed by atoms with Crippen molar-refractivity contribution in [3.8, 4) is 0 Å². The minimum Gasteiger partial charge on any atom is -0.478 e. The number of oxazole rings is 1. The van der Waals surface area contributed by atoms with Crippen molar-refractivity contribution in [3.05, 3.63) is 40.7 Å². The second-order valence-electron chi connectivity index (χ2n) is 5.23. The molecule has 0 radical (unpaired) electrons. The van der Waals surface area contributed by atoms with Gasteiger partial charge >= 0.3 is 5.97 Å². The van der Waals surface area contributed by atoms with E-state index in [-0.39, 0.29) is 11.5 Å². The van der Waals surface area contributed by atoms with Crippen LogP contribution in [0.3, 0.4) is 0 Å². The third-order valence-electron chi connectivity index (χ3n) is 3.18. The minimum absolute atomic E-state index is 0.149. The fraction of sp³-hybridized carbons (Fsp3) is 0.400. The highest BCUT2D eigenvalue weighted by atomic mass is 16.4. The molecule has 0 spiro atoms. The molecule has 2 N–H and O–H groups in total. The fourth-order valence-electron chi connectivity index (χ4n) is 1.84. The van der Waals surface area contributed by atoms with Gasteiger partial charge < -0.3 is 14.8 Å². The third-order valence-corrected chi connectivity index (χ3v) is 3.18. The number of nitrogens with one attached hydrogen (secondary N) is 1. The molecule has 0 amide bonds. The molecule has 2 aromatic rings. The Morgan fingerprint density at radius 2 is 2.05 bits per heavy atom. The van der Waals surface area contributed by atoms with Crippen LogP contribution in [0.25, 0.3) is 0 Å². The van der Waals surface area contributed by atoms with E-state index in [1.54, 1.807) is 6.07 Å². The molecule has 0 aliphatic carbocycles. The average molecular weight is 289 g/mol. The Kier molecular flexibility index (Phi) is 4.26. The third kappa shape index (κ3) is 3.59. The molecule has 21 heavy (non-hydrogen) atoms. The van der Waals surface area contributed by atoms with Crippen LogP contribution in [0.1, 0.15) is 53.2 Å². The molecule has 0 saturated heterocycles. The molecule has 2 aromatic heterocycles. The predicted octanol–water partition coefficient (Wildman–Crippen LogP) is 3.12. The SMILES string of the molecule is Cc1nc(CNc2cc(C(=O)O)cc(C(C)C)n2)oc1C. The highest BCUT2D eigenvalue weighted by Gasteiger charge is 2.12. The molecule has 2 heterocycles. The first-order valence-corrected chi connectivity index (χ1v) is 6.79. The van der Waals surface area contributed by atoms with Crippen LogP contribution < -0.4 is 5.32 Å². The van der Waals surface area contributed by atoms with Crippen molar-refractivity contribution in [3.63, 3.8) is 0 Å². The van der Waals surface area contributed by atoms with Crippen LogP contribution in [0.15, 0.2) is 16.5 Å². The predicted molar refractivity (Wildman–Crippen MR) is 78.6 cm³/mol. The topological polar surface area (TPSA) is 88.2 Å². The van der Waals surface area contributed by atoms with E-state index in [2.05, 4.69) is 15.3 Å². The maximum absolute atomic E-state index is 11.2. The number of hydrogen-bond donors (Lipinski definition) is 2. The Labute approximate surface area is 123 Å². The molecule has 6 nitrogen and oxygen atoms in total. The minimum atomic E-state index is -0.967. The Balaban J connectivity index is 2.20. The Hall–Kier alpha value is -2.37. The van der Waals surface area contributed by atoms with Gasteiger partial charge in [-0.05, 0) is 31.9 Å². The number of carboxylic acid groups (broad SMARTS) is 1. The standard InChI is InChI=1S/C15H19N3O3/c1-8(2)12-5-11(15(19)20)6-13(18-12)16-7-14-17-9(3)10(4)21-14/h5-6,8H,7H2,1-4H3,(H,16,18)(H,19,20). The zero-order valence-electron chi connectivity index (χ0n) is 12.6. The van der Waals surface area contributed by atoms with E-state index < -0.39 is 5.97 Å². The average Bonchev–Trinajstić information content (AvgIpc) is 2.75. The lowest BCUT2D eigenvalue weighted by Gasteiger charge is -2.10. The summed E-state index contributed by atoms with van der Waals surface area (Å²) in [6.45, 7) is 8.04. The van der Waals surface area contributed by atoms with E-state index in [0.29, 0.717) is 18.3 Å². The van der Waals surface area contributed by atoms with E-state index in [4.69, 9.17) is 9.52 Å². The van der Waals surface area contributed by atoms with Crippen molar-refractivity contribution in [2.24, 2.45) is 0 Å². The quantitative estimate of drug-likeness (QED) is 0.879. The molecule has 112 valence electrons. The van der Waals surface area contributed by atoms with Crippen molar-refractivity contribution in [2.45, 2.75) is 40.2 Å². The second-order valence-corrected chi connectivity index (χ2v) is 5.23. The second kappa shape index (κ2) is 5.95. The number of rotatable bonds is 5. The number of carboxylic acids is 1. The first-order chi connectivity index (χ1) is 9.86. The Morgan fingerprint density at radius 3 is 2.57 bits per heavy atom. The Morgan fingerprint density at radius 1 is 1.33 bits per heavy atom. The van der Waals surface area contributed by atoms with Gasteiger partial charge in [-0.15, -0.1) is 0 Å². The van der Waals surface area contributed by atoms with Crippen molar-refractivity contribution < 1.29 is 14.3 Å². The van der Waals surface area contributed by atoms with Gasteiger partial charge in [0.25, 0.3) is 0 Å². The highest BCUT2D eigenvalue weighted by molar-refractivity contribution is 5.88. The molecule has 0 aliphatic rings. The molecule has 0 bridgehead atoms. The lowest BCUT2D eigenvalue weighted by molar-refractivity contribution is 0.0696. The zero-order chi connectivity index (χ0) is 15.6. The van der Waals surface area contributed by atoms with Crippen molar-refractivity contribution >= 4 is 11.8 Å². The summed E-state index contributed by atoms with van der Waals surface area (Å²) in [6, 6.07) is 3.11. The van der Waals surface area contributed by atoms with Gasteiger partial charge in [-0.2, -0.15) is 0 Å². The summed E-state index contributed by atoms with van der Waals surface area (Å²) in [6.07, 6.45) is 0. The number of hydrogen-bond acceptors (Lipinski definition) is 5. The number of anilines is 1. The summed E-state index contributed by atoms with van der Waals surface area (Å²) in [4.78, 5) is 19.8. The summed E-state index contributed by atoms with van der Waals surface area (Å²) in [5.74, 6) is 1.02. The largest absolute Gasteiger partial charge is 0.478 e. The molecule has 0 atom stereocenters. The molecular formula is C15H19N3O3. The van der Waals surface area contributed by atoms with E-state index in [9.17, 15) is 4.79 Å². The molecular weight excluding hydrogens is 270 g/mol. The summed E-state index contributed by atoms with van der Waals surface area (Å²) >= 11 is 0. The summed E-state index contributed by atoms with van der Waals surface area (Å²) in [5, 5.41) is 12.2. The van der Waals surface area contributed by atoms with Crippen molar-refractivity contribution in [1.29, 1.82) is 0 Å². The van der Waals surface area contributed by atoms with Crippen molar-refractivity contribution in [1.82, 2.24) is 9.97 Å². The van der Waals surface area contributed by atoms with Crippen LogP contribution in [-0.4, -0.2) is 21.0 Å². The van der Waals surface area contributed by atoms with E-state index in [1.165, 1.54) is 6.07 Å². The molecule has 0 saturated carbocycles. The van der Waals surface area contributed by atoms with Gasteiger partial charge in [-0.1, -0.05) is 13.8 Å². The van der Waals surface area contributed by atoms with Gasteiger partial charge in [0.2, 0.25) is 5.89 Å². The smallest absolute Gasteiger partial charge is 0.335 e. The fourth-order valence-corrected chi connectivity index (χ4v) is 1.84. The van der Waals surface area contributed by atoms with Gasteiger partial charge in [-0.3, -0.25) is 0 Å². The lowest BCUT2D eigenvalue weighted by Crippen LogP contribution is -2.07. The zero-order valence-corrected chi connectivity index (χ0v) is 12.6. The number of aryl methyl sites for hydroxylation is 2. The lowest BCUT2D eigenvalue weighted by atomic mass is 10.1. The van der Waals surface area contributed by atoms with Crippen LogP contribution in [-0.2, 0) is 6.54 Å². The molecule has 0 aromatic carbocycles. The summed E-state index contributed by atoms with van der Waals surface area (Å²) in [7, 11) is 0. The Bertz CT molecular complexity index is 643. The summed E-state index contributed by atoms with van der Waals surface area (Å²) in [5.41, 5.74) is 1.80. The van der Waals surface area contributed by atoms with Crippen LogP contribution in [0.2, 0.25) is 0 Å². The molecule has 6 heteroatoms. The maximum Gasteiger partial charge on any atom is 0.335 e. The first kappa shape index (κ1) is 15.0. The number of nitrogens with zero attached hydrogens (tertiary/aromatic N) is 2. The van der Waals surface area contributed by atoms with Gasteiger partial charge in [0.1, 0.15) is 11.6 Å². The number of aromatic carboxylic acids is 1. The van der Waals surface area contributed by atoms with Crippen LogP contribution in [0.4, 0.5) is 5.82 Å². The molecule has 0 unspecified atom stereocenters. The van der Waals surface area contributed by atoms with Crippen LogP contribution in [0, 0.1) is 13.8 Å². The number of aromatic nitrogens is 2. The first-order valence-electron chi connectivity index (χ1n) is 6.79. The molecule has 2 rings (SSSR count). The van der Waals surface area contributed by atoms with Gasteiger partial charge in [0.15, 0.2) is 0 Å². The van der Waals surface area contributed by atoms with E-state index in [0.717, 1.165) is 17.1 Å². The van der Waals surface area contributed by atoms with Crippen LogP contribution in [0.5, 0.6) is 0 Å². The van der Waals surface area contributed by atoms with E-state index in [1.807, 2.05) is 27.7 Å². The van der Waals surface area contributed by atoms with Gasteiger partial charge in [-0.25, -0.2) is 14.8 Å². The van der Waals surface area contributed by atoms with Gasteiger partial charge in [0.05, 0.1) is 17.8 Å². The maximum atomic E-state index is 11.2. The highest BCUT2D eigenvalue weighted by Crippen LogP contribution is 2.18. The molecule has 0 aliphatic heterocycles. The van der Waals surface area contributed by atoms with Crippen molar-refractivity contribution in [2.75, 3.05) is 5.32 Å². The van der Waals surface area contributed by atoms with E-state index >= 15 is 0 Å². The normalized spacial score (nSPS) is 10.9. The summed E-state index contributed by atoms with van der Waals surface area (Å²) < 4.78 is 5.47. The van der Waals surface area contributed by atoms with Gasteiger partial charge in [0, 0.05) is 5.69 Å². The molecule has 0 fully saturated rings. The monoisotopic (exact) mass is 289 g/mol. The van der Waals surface area contributed by atoms with Crippen LogP contribution >= 0.6 is 0 Å².